The number of carbonyl (C=O) groups is 1. The number of anilines is 1. The Kier molecular flexibility index (Phi) is 4.23. The number of rotatable bonds is 5. The van der Waals surface area contributed by atoms with Crippen molar-refractivity contribution < 1.29 is 31.5 Å². The lowest BCUT2D eigenvalue weighted by molar-refractivity contribution is -0.138. The van der Waals surface area contributed by atoms with Crippen molar-refractivity contribution in [2.45, 2.75) is 29.1 Å². The van der Waals surface area contributed by atoms with Crippen LogP contribution in [0.3, 0.4) is 0 Å². The fourth-order valence-electron chi connectivity index (χ4n) is 2.15. The minimum absolute atomic E-state index is 0.106. The molecule has 0 bridgehead atoms. The van der Waals surface area contributed by atoms with Gasteiger partial charge in [0.25, 0.3) is 10.0 Å². The third kappa shape index (κ3) is 3.76. The van der Waals surface area contributed by atoms with Gasteiger partial charge in [-0.25, -0.2) is 18.2 Å². The molecule has 3 rings (SSSR count). The van der Waals surface area contributed by atoms with Crippen LogP contribution in [-0.4, -0.2) is 24.5 Å². The highest BCUT2D eigenvalue weighted by atomic mass is 32.2. The van der Waals surface area contributed by atoms with E-state index in [2.05, 4.69) is 4.98 Å². The summed E-state index contributed by atoms with van der Waals surface area (Å²) in [5.74, 6) is -1.50. The van der Waals surface area contributed by atoms with E-state index in [1.165, 1.54) is 0 Å². The van der Waals surface area contributed by atoms with Gasteiger partial charge in [-0.1, -0.05) is 0 Å². The molecule has 11 heteroatoms. The molecule has 2 N–H and O–H groups in total. The highest BCUT2D eigenvalue weighted by Crippen LogP contribution is 2.42. The van der Waals surface area contributed by atoms with Gasteiger partial charge >= 0.3 is 12.1 Å². The summed E-state index contributed by atoms with van der Waals surface area (Å²) in [5.41, 5.74) is -2.76. The third-order valence-corrected chi connectivity index (χ3v) is 6.50. The summed E-state index contributed by atoms with van der Waals surface area (Å²) in [7, 11) is -4.10. The molecule has 6 nitrogen and oxygen atoms in total. The van der Waals surface area contributed by atoms with Gasteiger partial charge in [0.15, 0.2) is 4.21 Å². The minimum Gasteiger partial charge on any atom is -0.478 e. The number of benzene rings is 1. The number of nitrogens with one attached hydrogen (secondary N) is 1. The molecule has 1 saturated carbocycles. The molecule has 0 saturated heterocycles. The Morgan fingerprint density at radius 3 is 2.56 bits per heavy atom. The number of carboxylic acid groups (broad SMARTS) is 1. The van der Waals surface area contributed by atoms with Crippen LogP contribution in [0.4, 0.5) is 18.9 Å². The summed E-state index contributed by atoms with van der Waals surface area (Å²) < 4.78 is 65.5. The SMILES string of the molecule is O=C(O)c1ccc(NS(=O)(=O)c2cnc(C3CC3)s2)cc1C(F)(F)F. The monoisotopic (exact) mass is 392 g/mol. The molecular weight excluding hydrogens is 381 g/mol. The van der Waals surface area contributed by atoms with Gasteiger partial charge in [-0.2, -0.15) is 13.2 Å². The molecule has 1 aromatic heterocycles. The molecule has 0 atom stereocenters. The lowest BCUT2D eigenvalue weighted by Gasteiger charge is -2.13. The zero-order valence-electron chi connectivity index (χ0n) is 12.4. The van der Waals surface area contributed by atoms with Gasteiger partial charge in [0, 0.05) is 11.6 Å². The molecule has 2 aromatic rings. The first-order valence-corrected chi connectivity index (χ1v) is 9.31. The van der Waals surface area contributed by atoms with Crippen molar-refractivity contribution in [1.82, 2.24) is 4.98 Å². The van der Waals surface area contributed by atoms with Gasteiger partial charge in [0.1, 0.15) is 0 Å². The Morgan fingerprint density at radius 1 is 1.32 bits per heavy atom. The first-order valence-electron chi connectivity index (χ1n) is 7.01. The van der Waals surface area contributed by atoms with E-state index < -0.39 is 33.3 Å². The fourth-order valence-corrected chi connectivity index (χ4v) is 4.52. The molecule has 134 valence electrons. The lowest BCUT2D eigenvalue weighted by Crippen LogP contribution is -2.16. The van der Waals surface area contributed by atoms with Crippen LogP contribution < -0.4 is 4.72 Å². The zero-order valence-corrected chi connectivity index (χ0v) is 14.0. The van der Waals surface area contributed by atoms with Gasteiger partial charge in [0.05, 0.1) is 22.3 Å². The number of sulfonamides is 1. The van der Waals surface area contributed by atoms with E-state index in [9.17, 15) is 26.4 Å². The van der Waals surface area contributed by atoms with Crippen LogP contribution in [0.25, 0.3) is 0 Å². The van der Waals surface area contributed by atoms with Crippen LogP contribution >= 0.6 is 11.3 Å². The topological polar surface area (TPSA) is 96.4 Å². The molecule has 0 spiro atoms. The van der Waals surface area contributed by atoms with Gasteiger partial charge in [-0.15, -0.1) is 11.3 Å². The fraction of sp³-hybridized carbons (Fsp3) is 0.286. The molecule has 0 unspecified atom stereocenters. The number of aromatic carboxylic acids is 1. The Morgan fingerprint density at radius 2 is 2.00 bits per heavy atom. The zero-order chi connectivity index (χ0) is 18.4. The number of hydrogen-bond donors (Lipinski definition) is 2. The summed E-state index contributed by atoms with van der Waals surface area (Å²) in [6.07, 6.45) is -1.90. The summed E-state index contributed by atoms with van der Waals surface area (Å²) in [6, 6.07) is 2.15. The second kappa shape index (κ2) is 5.99. The van der Waals surface area contributed by atoms with Crippen molar-refractivity contribution in [1.29, 1.82) is 0 Å². The van der Waals surface area contributed by atoms with Crippen molar-refractivity contribution in [3.8, 4) is 0 Å². The number of halogens is 3. The number of aromatic nitrogens is 1. The molecule has 0 aliphatic heterocycles. The standard InChI is InChI=1S/C14H11F3N2O4S2/c15-14(16,17)10-5-8(3-4-9(10)13(20)21)19-25(22,23)11-6-18-12(24-11)7-1-2-7/h3-7,19H,1-2H2,(H,20,21). The van der Waals surface area contributed by atoms with Crippen molar-refractivity contribution in [3.05, 3.63) is 40.5 Å². The molecular formula is C14H11F3N2O4S2. The predicted octanol–water partition coefficient (Wildman–Crippen LogP) is 3.54. The third-order valence-electron chi connectivity index (χ3n) is 3.50. The highest BCUT2D eigenvalue weighted by Gasteiger charge is 2.36. The number of hydrogen-bond acceptors (Lipinski definition) is 5. The highest BCUT2D eigenvalue weighted by molar-refractivity contribution is 7.94. The van der Waals surface area contributed by atoms with Crippen LogP contribution in [-0.2, 0) is 16.2 Å². The van der Waals surface area contributed by atoms with Crippen molar-refractivity contribution in [3.63, 3.8) is 0 Å². The molecule has 0 radical (unpaired) electrons. The van der Waals surface area contributed by atoms with E-state index in [0.29, 0.717) is 17.1 Å². The normalized spacial score (nSPS) is 15.2. The number of carboxylic acids is 1. The van der Waals surface area contributed by atoms with E-state index >= 15 is 0 Å². The molecule has 25 heavy (non-hydrogen) atoms. The number of nitrogens with zero attached hydrogens (tertiary/aromatic N) is 1. The molecule has 1 aromatic carbocycles. The smallest absolute Gasteiger partial charge is 0.417 e. The van der Waals surface area contributed by atoms with Gasteiger partial charge in [-0.05, 0) is 31.0 Å². The molecule has 0 amide bonds. The maximum atomic E-state index is 13.0. The molecule has 1 aliphatic rings. The molecule has 1 aliphatic carbocycles. The summed E-state index contributed by atoms with van der Waals surface area (Å²) in [6.45, 7) is 0. The summed E-state index contributed by atoms with van der Waals surface area (Å²) >= 11 is 0.970. The van der Waals surface area contributed by atoms with Crippen LogP contribution in [0, 0.1) is 0 Å². The largest absolute Gasteiger partial charge is 0.478 e. The summed E-state index contributed by atoms with van der Waals surface area (Å²) in [4.78, 5) is 14.9. The summed E-state index contributed by atoms with van der Waals surface area (Å²) in [5, 5.41) is 9.52. The predicted molar refractivity (Wildman–Crippen MR) is 83.3 cm³/mol. The Bertz CT molecular complexity index is 934. The Labute approximate surface area is 144 Å². The van der Waals surface area contributed by atoms with E-state index in [-0.39, 0.29) is 15.8 Å². The van der Waals surface area contributed by atoms with E-state index in [1.807, 2.05) is 4.72 Å². The maximum Gasteiger partial charge on any atom is 0.417 e. The van der Waals surface area contributed by atoms with E-state index in [0.717, 1.165) is 36.4 Å². The van der Waals surface area contributed by atoms with Gasteiger partial charge in [0.2, 0.25) is 0 Å². The van der Waals surface area contributed by atoms with Crippen LogP contribution in [0.15, 0.2) is 28.6 Å². The first kappa shape index (κ1) is 17.7. The van der Waals surface area contributed by atoms with Crippen LogP contribution in [0.2, 0.25) is 0 Å². The van der Waals surface area contributed by atoms with Gasteiger partial charge in [-0.3, -0.25) is 4.72 Å². The average molecular weight is 392 g/mol. The molecule has 1 heterocycles. The average Bonchev–Trinajstić information content (AvgIpc) is 3.22. The van der Waals surface area contributed by atoms with Crippen molar-refractivity contribution >= 4 is 33.0 Å². The van der Waals surface area contributed by atoms with Crippen LogP contribution in [0.1, 0.15) is 39.7 Å². The quantitative estimate of drug-likeness (QED) is 0.811. The Balaban J connectivity index is 1.92. The van der Waals surface area contributed by atoms with Crippen molar-refractivity contribution in [2.24, 2.45) is 0 Å². The Hall–Kier alpha value is -2.14. The van der Waals surface area contributed by atoms with E-state index in [4.69, 9.17) is 5.11 Å². The second-order valence-electron chi connectivity index (χ2n) is 5.46. The maximum absolute atomic E-state index is 13.0. The van der Waals surface area contributed by atoms with Crippen LogP contribution in [0.5, 0.6) is 0 Å². The first-order chi connectivity index (χ1) is 11.6. The number of alkyl halides is 3. The number of thiazole rings is 1. The van der Waals surface area contributed by atoms with E-state index in [1.54, 1.807) is 0 Å². The van der Waals surface area contributed by atoms with Crippen molar-refractivity contribution in [2.75, 3.05) is 4.72 Å². The lowest BCUT2D eigenvalue weighted by atomic mass is 10.1. The molecule has 1 fully saturated rings. The second-order valence-corrected chi connectivity index (χ2v) is 8.43. The van der Waals surface area contributed by atoms with Gasteiger partial charge < -0.3 is 5.11 Å². The minimum atomic E-state index is -4.93.